The van der Waals surface area contributed by atoms with Crippen LogP contribution in [0.5, 0.6) is 0 Å². The molecule has 1 aromatic heterocycles. The Morgan fingerprint density at radius 1 is 0.957 bits per heavy atom. The SMILES string of the molecule is COCc1ccc(CNc2ccnc3c(F)ccc(F)c23)cc1. The second-order valence-electron chi connectivity index (χ2n) is 5.21. The highest BCUT2D eigenvalue weighted by molar-refractivity contribution is 5.91. The number of benzene rings is 2. The van der Waals surface area contributed by atoms with Gasteiger partial charge in [0, 0.05) is 25.5 Å². The summed E-state index contributed by atoms with van der Waals surface area (Å²) in [6.07, 6.45) is 1.47. The Hall–Kier alpha value is -2.53. The summed E-state index contributed by atoms with van der Waals surface area (Å²) in [5.41, 5.74) is 2.67. The quantitative estimate of drug-likeness (QED) is 0.763. The van der Waals surface area contributed by atoms with E-state index >= 15 is 0 Å². The van der Waals surface area contributed by atoms with Crippen LogP contribution in [0.2, 0.25) is 0 Å². The van der Waals surface area contributed by atoms with Gasteiger partial charge < -0.3 is 10.1 Å². The van der Waals surface area contributed by atoms with Gasteiger partial charge in [-0.1, -0.05) is 24.3 Å². The van der Waals surface area contributed by atoms with Gasteiger partial charge in [0.1, 0.15) is 17.2 Å². The summed E-state index contributed by atoms with van der Waals surface area (Å²) in [6, 6.07) is 11.7. The van der Waals surface area contributed by atoms with Gasteiger partial charge in [0.2, 0.25) is 0 Å². The Kier molecular flexibility index (Phi) is 4.48. The lowest BCUT2D eigenvalue weighted by Crippen LogP contribution is -2.02. The second-order valence-corrected chi connectivity index (χ2v) is 5.21. The minimum absolute atomic E-state index is 0.0328. The zero-order valence-corrected chi connectivity index (χ0v) is 12.6. The van der Waals surface area contributed by atoms with Gasteiger partial charge in [-0.15, -0.1) is 0 Å². The van der Waals surface area contributed by atoms with Crippen LogP contribution in [-0.4, -0.2) is 12.1 Å². The number of aromatic nitrogens is 1. The standard InChI is InChI=1S/C18H16F2N2O/c1-23-11-13-4-2-12(3-5-13)10-22-16-8-9-21-18-15(20)7-6-14(19)17(16)18/h2-9H,10-11H2,1H3,(H,21,22). The molecule has 5 heteroatoms. The monoisotopic (exact) mass is 314 g/mol. The third-order valence-corrected chi connectivity index (χ3v) is 3.61. The highest BCUT2D eigenvalue weighted by atomic mass is 19.1. The van der Waals surface area contributed by atoms with Gasteiger partial charge in [-0.2, -0.15) is 0 Å². The fourth-order valence-electron chi connectivity index (χ4n) is 2.46. The Morgan fingerprint density at radius 2 is 1.65 bits per heavy atom. The van der Waals surface area contributed by atoms with Gasteiger partial charge in [0.05, 0.1) is 12.0 Å². The number of hydrogen-bond donors (Lipinski definition) is 1. The largest absolute Gasteiger partial charge is 0.380 e. The summed E-state index contributed by atoms with van der Waals surface area (Å²) >= 11 is 0. The number of rotatable bonds is 5. The lowest BCUT2D eigenvalue weighted by Gasteiger charge is -2.11. The molecule has 0 unspecified atom stereocenters. The number of pyridine rings is 1. The summed E-state index contributed by atoms with van der Waals surface area (Å²) in [5.74, 6) is -1.03. The van der Waals surface area contributed by atoms with Crippen molar-refractivity contribution in [1.29, 1.82) is 0 Å². The molecule has 23 heavy (non-hydrogen) atoms. The van der Waals surface area contributed by atoms with Crippen LogP contribution in [0.4, 0.5) is 14.5 Å². The summed E-state index contributed by atoms with van der Waals surface area (Å²) in [5, 5.41) is 3.32. The summed E-state index contributed by atoms with van der Waals surface area (Å²) in [7, 11) is 1.65. The van der Waals surface area contributed by atoms with Gasteiger partial charge in [-0.25, -0.2) is 8.78 Å². The highest BCUT2D eigenvalue weighted by Crippen LogP contribution is 2.26. The van der Waals surface area contributed by atoms with Gasteiger partial charge in [-0.3, -0.25) is 4.98 Å². The molecule has 118 valence electrons. The molecule has 0 bridgehead atoms. The second kappa shape index (κ2) is 6.71. The molecule has 0 aliphatic carbocycles. The van der Waals surface area contributed by atoms with Gasteiger partial charge in [-0.05, 0) is 29.3 Å². The molecule has 1 heterocycles. The number of nitrogens with zero attached hydrogens (tertiary/aromatic N) is 1. The smallest absolute Gasteiger partial charge is 0.149 e. The van der Waals surface area contributed by atoms with E-state index in [9.17, 15) is 8.78 Å². The van der Waals surface area contributed by atoms with Crippen molar-refractivity contribution in [3.05, 3.63) is 71.4 Å². The first-order valence-electron chi connectivity index (χ1n) is 7.22. The van der Waals surface area contributed by atoms with E-state index in [1.54, 1.807) is 13.2 Å². The molecule has 3 aromatic rings. The molecule has 0 fully saturated rings. The number of halogens is 2. The first-order chi connectivity index (χ1) is 11.2. The number of ether oxygens (including phenoxy) is 1. The molecule has 2 aromatic carbocycles. The van der Waals surface area contributed by atoms with Crippen LogP contribution < -0.4 is 5.32 Å². The van der Waals surface area contributed by atoms with Crippen molar-refractivity contribution in [1.82, 2.24) is 4.98 Å². The Morgan fingerprint density at radius 3 is 2.39 bits per heavy atom. The van der Waals surface area contributed by atoms with Crippen molar-refractivity contribution in [3.63, 3.8) is 0 Å². The van der Waals surface area contributed by atoms with Crippen LogP contribution in [0.25, 0.3) is 10.9 Å². The lowest BCUT2D eigenvalue weighted by molar-refractivity contribution is 0.185. The Labute approximate surface area is 132 Å². The predicted molar refractivity (Wildman–Crippen MR) is 86.1 cm³/mol. The molecule has 0 spiro atoms. The highest BCUT2D eigenvalue weighted by Gasteiger charge is 2.11. The maximum Gasteiger partial charge on any atom is 0.149 e. The van der Waals surface area contributed by atoms with Crippen molar-refractivity contribution in [3.8, 4) is 0 Å². The third kappa shape index (κ3) is 3.29. The minimum Gasteiger partial charge on any atom is -0.380 e. The maximum absolute atomic E-state index is 14.0. The van der Waals surface area contributed by atoms with E-state index < -0.39 is 11.6 Å². The maximum atomic E-state index is 14.0. The molecule has 0 saturated carbocycles. The molecule has 0 saturated heterocycles. The Balaban J connectivity index is 1.83. The van der Waals surface area contributed by atoms with Crippen molar-refractivity contribution >= 4 is 16.6 Å². The molecule has 0 aliphatic heterocycles. The van der Waals surface area contributed by atoms with Crippen LogP contribution in [0, 0.1) is 11.6 Å². The van der Waals surface area contributed by atoms with Crippen molar-refractivity contribution in [2.24, 2.45) is 0 Å². The van der Waals surface area contributed by atoms with Crippen LogP contribution in [0.15, 0.2) is 48.7 Å². The average Bonchev–Trinajstić information content (AvgIpc) is 2.58. The molecule has 0 amide bonds. The van der Waals surface area contributed by atoms with E-state index in [1.165, 1.54) is 6.20 Å². The molecule has 1 N–H and O–H groups in total. The lowest BCUT2D eigenvalue weighted by atomic mass is 10.1. The topological polar surface area (TPSA) is 34.1 Å². The number of anilines is 1. The fraction of sp³-hybridized carbons (Fsp3) is 0.167. The normalized spacial score (nSPS) is 10.9. The number of hydrogen-bond acceptors (Lipinski definition) is 3. The summed E-state index contributed by atoms with van der Waals surface area (Å²) in [4.78, 5) is 3.92. The molecule has 0 radical (unpaired) electrons. The molecular weight excluding hydrogens is 298 g/mol. The molecule has 3 rings (SSSR count). The van der Waals surface area contributed by atoms with Crippen LogP contribution in [-0.2, 0) is 17.9 Å². The van der Waals surface area contributed by atoms with Crippen molar-refractivity contribution in [2.75, 3.05) is 12.4 Å². The van der Waals surface area contributed by atoms with E-state index in [0.717, 1.165) is 23.3 Å². The number of methoxy groups -OCH3 is 1. The van der Waals surface area contributed by atoms with Gasteiger partial charge >= 0.3 is 0 Å². The number of nitrogens with one attached hydrogen (secondary N) is 1. The zero-order valence-electron chi connectivity index (χ0n) is 12.6. The first kappa shape index (κ1) is 15.4. The van der Waals surface area contributed by atoms with E-state index in [0.29, 0.717) is 18.8 Å². The molecule has 0 atom stereocenters. The van der Waals surface area contributed by atoms with Crippen LogP contribution >= 0.6 is 0 Å². The van der Waals surface area contributed by atoms with Crippen LogP contribution in [0.3, 0.4) is 0 Å². The molecule has 0 aliphatic rings. The van der Waals surface area contributed by atoms with E-state index in [2.05, 4.69) is 10.3 Å². The zero-order chi connectivity index (χ0) is 16.2. The van der Waals surface area contributed by atoms with Gasteiger partial charge in [0.15, 0.2) is 0 Å². The predicted octanol–water partition coefficient (Wildman–Crippen LogP) is 4.27. The van der Waals surface area contributed by atoms with E-state index in [4.69, 9.17) is 4.74 Å². The summed E-state index contributed by atoms with van der Waals surface area (Å²) < 4.78 is 32.9. The van der Waals surface area contributed by atoms with Crippen molar-refractivity contribution in [2.45, 2.75) is 13.2 Å². The van der Waals surface area contributed by atoms with Gasteiger partial charge in [0.25, 0.3) is 0 Å². The molecule has 3 nitrogen and oxygen atoms in total. The van der Waals surface area contributed by atoms with E-state index in [1.807, 2.05) is 24.3 Å². The van der Waals surface area contributed by atoms with Crippen LogP contribution in [0.1, 0.15) is 11.1 Å². The fourth-order valence-corrected chi connectivity index (χ4v) is 2.46. The van der Waals surface area contributed by atoms with E-state index in [-0.39, 0.29) is 10.9 Å². The summed E-state index contributed by atoms with van der Waals surface area (Å²) in [6.45, 7) is 1.06. The average molecular weight is 314 g/mol. The molecular formula is C18H16F2N2O. The van der Waals surface area contributed by atoms with Crippen molar-refractivity contribution < 1.29 is 13.5 Å². The first-order valence-corrected chi connectivity index (χ1v) is 7.22. The Bertz CT molecular complexity index is 819. The third-order valence-electron chi connectivity index (χ3n) is 3.61. The minimum atomic E-state index is -0.533. The number of fused-ring (bicyclic) bond motifs is 1.